The van der Waals surface area contributed by atoms with Crippen molar-refractivity contribution in [3.05, 3.63) is 34.1 Å². The lowest BCUT2D eigenvalue weighted by atomic mass is 9.66. The molecule has 0 saturated heterocycles. The zero-order valence-electron chi connectivity index (χ0n) is 11.6. The second-order valence-corrected chi connectivity index (χ2v) is 6.84. The number of hydrogen-bond donors (Lipinski definition) is 1. The fraction of sp³-hybridized carbons (Fsp3) is 0.625. The molecule has 1 aliphatic carbocycles. The second kappa shape index (κ2) is 6.36. The molecule has 3 heteroatoms. The van der Waals surface area contributed by atoms with Gasteiger partial charge in [-0.15, -0.1) is 0 Å². The quantitative estimate of drug-likeness (QED) is 0.853. The van der Waals surface area contributed by atoms with Crippen molar-refractivity contribution < 1.29 is 4.39 Å². The van der Waals surface area contributed by atoms with E-state index in [0.717, 1.165) is 23.4 Å². The van der Waals surface area contributed by atoms with Gasteiger partial charge in [-0.3, -0.25) is 0 Å². The van der Waals surface area contributed by atoms with E-state index in [0.29, 0.717) is 0 Å². The molecule has 1 aliphatic rings. The predicted molar refractivity (Wildman–Crippen MR) is 81.5 cm³/mol. The summed E-state index contributed by atoms with van der Waals surface area (Å²) in [5.41, 5.74) is 7.49. The molecule has 0 spiro atoms. The lowest BCUT2D eigenvalue weighted by Gasteiger charge is -2.40. The van der Waals surface area contributed by atoms with Gasteiger partial charge in [0.1, 0.15) is 5.82 Å². The van der Waals surface area contributed by atoms with E-state index in [1.807, 2.05) is 6.07 Å². The zero-order valence-corrected chi connectivity index (χ0v) is 13.2. The largest absolute Gasteiger partial charge is 0.330 e. The highest BCUT2D eigenvalue weighted by molar-refractivity contribution is 9.10. The summed E-state index contributed by atoms with van der Waals surface area (Å²) in [7, 11) is 0. The van der Waals surface area contributed by atoms with Gasteiger partial charge in [0.05, 0.1) is 0 Å². The smallest absolute Gasteiger partial charge is 0.124 e. The van der Waals surface area contributed by atoms with Crippen molar-refractivity contribution >= 4 is 15.9 Å². The van der Waals surface area contributed by atoms with Crippen LogP contribution in [0.25, 0.3) is 0 Å². The summed E-state index contributed by atoms with van der Waals surface area (Å²) in [6, 6.07) is 5.00. The average molecular weight is 328 g/mol. The van der Waals surface area contributed by atoms with Crippen molar-refractivity contribution in [2.45, 2.75) is 45.4 Å². The Balaban J connectivity index is 2.17. The first kappa shape index (κ1) is 15.0. The Bertz CT molecular complexity index is 435. The first-order valence-corrected chi connectivity index (χ1v) is 8.02. The molecule has 1 aromatic carbocycles. The highest BCUT2D eigenvalue weighted by Crippen LogP contribution is 2.43. The molecule has 2 N–H and O–H groups in total. The summed E-state index contributed by atoms with van der Waals surface area (Å²) in [6.45, 7) is 3.00. The molecular formula is C16H23BrFN. The van der Waals surface area contributed by atoms with Gasteiger partial charge in [0.15, 0.2) is 0 Å². The molecule has 0 bridgehead atoms. The van der Waals surface area contributed by atoms with Crippen molar-refractivity contribution in [3.8, 4) is 0 Å². The third-order valence-electron chi connectivity index (χ3n) is 4.63. The molecule has 19 heavy (non-hydrogen) atoms. The van der Waals surface area contributed by atoms with Gasteiger partial charge >= 0.3 is 0 Å². The van der Waals surface area contributed by atoms with E-state index in [1.165, 1.54) is 37.7 Å². The Hall–Kier alpha value is -0.410. The second-order valence-electron chi connectivity index (χ2n) is 5.99. The van der Waals surface area contributed by atoms with Crippen molar-refractivity contribution in [1.29, 1.82) is 0 Å². The lowest BCUT2D eigenvalue weighted by Crippen LogP contribution is -2.37. The van der Waals surface area contributed by atoms with Gasteiger partial charge in [-0.1, -0.05) is 48.2 Å². The predicted octanol–water partition coefficient (Wildman–Crippen LogP) is 4.68. The molecule has 0 heterocycles. The number of nitrogens with two attached hydrogens (primary N) is 1. The third kappa shape index (κ3) is 3.57. The maximum atomic E-state index is 13.2. The Labute approximate surface area is 123 Å². The van der Waals surface area contributed by atoms with Gasteiger partial charge in [0, 0.05) is 4.47 Å². The van der Waals surface area contributed by atoms with E-state index in [9.17, 15) is 4.39 Å². The van der Waals surface area contributed by atoms with Crippen LogP contribution in [0.3, 0.4) is 0 Å². The number of hydrogen-bond acceptors (Lipinski definition) is 1. The Morgan fingerprint density at radius 3 is 2.89 bits per heavy atom. The van der Waals surface area contributed by atoms with Crippen molar-refractivity contribution in [3.63, 3.8) is 0 Å². The first-order valence-electron chi connectivity index (χ1n) is 7.22. The summed E-state index contributed by atoms with van der Waals surface area (Å²) in [4.78, 5) is 0. The van der Waals surface area contributed by atoms with Crippen LogP contribution in [0.1, 0.15) is 44.6 Å². The Morgan fingerprint density at radius 1 is 1.47 bits per heavy atom. The Kier molecular flexibility index (Phi) is 5.02. The molecule has 2 unspecified atom stereocenters. The van der Waals surface area contributed by atoms with E-state index in [2.05, 4.69) is 22.9 Å². The average Bonchev–Trinajstić information content (AvgIpc) is 2.42. The normalized spacial score (nSPS) is 27.5. The minimum absolute atomic E-state index is 0.187. The van der Waals surface area contributed by atoms with Crippen LogP contribution < -0.4 is 5.73 Å². The fourth-order valence-corrected chi connectivity index (χ4v) is 3.91. The Morgan fingerprint density at radius 2 is 2.26 bits per heavy atom. The maximum Gasteiger partial charge on any atom is 0.124 e. The number of halogens is 2. The molecule has 106 valence electrons. The molecule has 1 saturated carbocycles. The molecule has 1 nitrogen and oxygen atoms in total. The summed E-state index contributed by atoms with van der Waals surface area (Å²) >= 11 is 3.48. The highest BCUT2D eigenvalue weighted by Gasteiger charge is 2.35. The van der Waals surface area contributed by atoms with Gasteiger partial charge in [-0.05, 0) is 54.8 Å². The monoisotopic (exact) mass is 327 g/mol. The van der Waals surface area contributed by atoms with Crippen LogP contribution in [0.2, 0.25) is 0 Å². The molecule has 0 aliphatic heterocycles. The lowest BCUT2D eigenvalue weighted by molar-refractivity contribution is 0.142. The molecule has 2 atom stereocenters. The minimum atomic E-state index is -0.187. The van der Waals surface area contributed by atoms with E-state index in [1.54, 1.807) is 12.1 Å². The summed E-state index contributed by atoms with van der Waals surface area (Å²) in [5, 5.41) is 0. The van der Waals surface area contributed by atoms with Crippen LogP contribution in [0, 0.1) is 17.2 Å². The van der Waals surface area contributed by atoms with Gasteiger partial charge in [0.2, 0.25) is 0 Å². The number of benzene rings is 1. The molecule has 1 fully saturated rings. The van der Waals surface area contributed by atoms with Gasteiger partial charge < -0.3 is 5.73 Å². The van der Waals surface area contributed by atoms with E-state index in [-0.39, 0.29) is 11.2 Å². The van der Waals surface area contributed by atoms with Crippen molar-refractivity contribution in [1.82, 2.24) is 0 Å². The summed E-state index contributed by atoms with van der Waals surface area (Å²) in [5.74, 6) is 0.615. The molecule has 0 aromatic heterocycles. The van der Waals surface area contributed by atoms with Crippen LogP contribution in [-0.4, -0.2) is 6.54 Å². The third-order valence-corrected chi connectivity index (χ3v) is 5.37. The van der Waals surface area contributed by atoms with Crippen molar-refractivity contribution in [2.75, 3.05) is 6.54 Å². The van der Waals surface area contributed by atoms with Crippen LogP contribution in [0.4, 0.5) is 4.39 Å². The van der Waals surface area contributed by atoms with Crippen molar-refractivity contribution in [2.24, 2.45) is 17.1 Å². The molecule has 2 rings (SSSR count). The van der Waals surface area contributed by atoms with E-state index in [4.69, 9.17) is 5.73 Å². The van der Waals surface area contributed by atoms with Gasteiger partial charge in [-0.25, -0.2) is 4.39 Å². The first-order chi connectivity index (χ1) is 9.08. The number of rotatable bonds is 4. The SMILES string of the molecule is CCC1CCCC(CN)(Cc2ccc(F)cc2Br)C1. The maximum absolute atomic E-state index is 13.2. The van der Waals surface area contributed by atoms with Crippen LogP contribution in [0.15, 0.2) is 22.7 Å². The van der Waals surface area contributed by atoms with E-state index < -0.39 is 0 Å². The fourth-order valence-electron chi connectivity index (χ4n) is 3.42. The van der Waals surface area contributed by atoms with E-state index >= 15 is 0 Å². The highest BCUT2D eigenvalue weighted by atomic mass is 79.9. The standard InChI is InChI=1S/C16H23BrFN/c1-2-12-4-3-7-16(9-12,11-19)10-13-5-6-14(18)8-15(13)17/h5-6,8,12H,2-4,7,9-11,19H2,1H3. The van der Waals surface area contributed by atoms with Gasteiger partial charge in [-0.2, -0.15) is 0 Å². The molecule has 1 aromatic rings. The molecule has 0 radical (unpaired) electrons. The molecular weight excluding hydrogens is 305 g/mol. The minimum Gasteiger partial charge on any atom is -0.330 e. The van der Waals surface area contributed by atoms with Crippen LogP contribution >= 0.6 is 15.9 Å². The van der Waals surface area contributed by atoms with Crippen LogP contribution in [0.5, 0.6) is 0 Å². The summed E-state index contributed by atoms with van der Waals surface area (Å²) in [6.07, 6.45) is 7.22. The van der Waals surface area contributed by atoms with Gasteiger partial charge in [0.25, 0.3) is 0 Å². The zero-order chi connectivity index (χ0) is 13.9. The molecule has 0 amide bonds. The summed E-state index contributed by atoms with van der Waals surface area (Å²) < 4.78 is 14.0. The van der Waals surface area contributed by atoms with Crippen LogP contribution in [-0.2, 0) is 6.42 Å². The topological polar surface area (TPSA) is 26.0 Å².